The van der Waals surface area contributed by atoms with Crippen LogP contribution in [0.4, 0.5) is 17.6 Å². The molecule has 0 aromatic heterocycles. The zero-order chi connectivity index (χ0) is 22.9. The maximum absolute atomic E-state index is 13.9. The number of hydrogen-bond acceptors (Lipinski definition) is 3. The van der Waals surface area contributed by atoms with E-state index in [2.05, 4.69) is 0 Å². The molecule has 168 valence electrons. The van der Waals surface area contributed by atoms with Crippen molar-refractivity contribution in [3.8, 4) is 0 Å². The molecular weight excluding hydrogens is 436 g/mol. The summed E-state index contributed by atoms with van der Waals surface area (Å²) in [5.41, 5.74) is 0.0889. The Bertz CT molecular complexity index is 1080. The highest BCUT2D eigenvalue weighted by Crippen LogP contribution is 2.24. The van der Waals surface area contributed by atoms with Gasteiger partial charge in [0, 0.05) is 26.2 Å². The highest BCUT2D eigenvalue weighted by molar-refractivity contribution is 7.89. The number of benzene rings is 2. The molecule has 1 aliphatic rings. The molecule has 1 atom stereocenters. The van der Waals surface area contributed by atoms with E-state index in [9.17, 15) is 30.8 Å². The van der Waals surface area contributed by atoms with Gasteiger partial charge in [0.15, 0.2) is 23.3 Å². The fourth-order valence-corrected chi connectivity index (χ4v) is 4.81. The monoisotopic (exact) mass is 458 g/mol. The Balaban J connectivity index is 1.72. The Morgan fingerprint density at radius 3 is 2.10 bits per heavy atom. The highest BCUT2D eigenvalue weighted by Gasteiger charge is 2.32. The topological polar surface area (TPSA) is 57.7 Å². The Hall–Kier alpha value is -2.46. The maximum Gasteiger partial charge on any atom is 0.257 e. The Morgan fingerprint density at radius 2 is 1.55 bits per heavy atom. The van der Waals surface area contributed by atoms with Gasteiger partial charge in [-0.25, -0.2) is 26.0 Å². The first-order valence-electron chi connectivity index (χ1n) is 9.80. The van der Waals surface area contributed by atoms with E-state index in [0.29, 0.717) is 12.0 Å². The summed E-state index contributed by atoms with van der Waals surface area (Å²) >= 11 is 0. The lowest BCUT2D eigenvalue weighted by atomic mass is 9.99. The molecule has 0 bridgehead atoms. The predicted molar refractivity (Wildman–Crippen MR) is 106 cm³/mol. The van der Waals surface area contributed by atoms with Crippen LogP contribution >= 0.6 is 0 Å². The SMILES string of the molecule is CCC(C)c1ccc(S(=O)(=O)N2CCN(C(=O)c3cc(F)c(F)c(F)c3F)CC2)cc1. The van der Waals surface area contributed by atoms with Crippen LogP contribution in [-0.4, -0.2) is 49.7 Å². The number of carbonyl (C=O) groups excluding carboxylic acids is 1. The number of hydrogen-bond donors (Lipinski definition) is 0. The summed E-state index contributed by atoms with van der Waals surface area (Å²) < 4.78 is 80.9. The number of halogens is 4. The molecule has 1 unspecified atom stereocenters. The molecule has 0 N–H and O–H groups in total. The summed E-state index contributed by atoms with van der Waals surface area (Å²) in [4.78, 5) is 13.6. The first-order chi connectivity index (χ1) is 14.6. The van der Waals surface area contributed by atoms with Crippen molar-refractivity contribution in [1.82, 2.24) is 9.21 Å². The van der Waals surface area contributed by atoms with Crippen molar-refractivity contribution in [2.24, 2.45) is 0 Å². The lowest BCUT2D eigenvalue weighted by Gasteiger charge is -2.34. The lowest BCUT2D eigenvalue weighted by molar-refractivity contribution is 0.0691. The fraction of sp³-hybridized carbons (Fsp3) is 0.381. The third kappa shape index (κ3) is 4.45. The summed E-state index contributed by atoms with van der Waals surface area (Å²) in [7, 11) is -3.80. The number of piperazine rings is 1. The van der Waals surface area contributed by atoms with Crippen molar-refractivity contribution in [2.75, 3.05) is 26.2 Å². The van der Waals surface area contributed by atoms with E-state index in [1.165, 1.54) is 16.4 Å². The minimum atomic E-state index is -3.80. The normalized spacial score (nSPS) is 16.4. The third-order valence-electron chi connectivity index (χ3n) is 5.56. The van der Waals surface area contributed by atoms with Crippen LogP contribution in [0.5, 0.6) is 0 Å². The largest absolute Gasteiger partial charge is 0.336 e. The minimum Gasteiger partial charge on any atom is -0.336 e. The van der Waals surface area contributed by atoms with Crippen LogP contribution in [0.25, 0.3) is 0 Å². The number of sulfonamides is 1. The molecule has 1 saturated heterocycles. The van der Waals surface area contributed by atoms with E-state index in [0.717, 1.165) is 16.9 Å². The zero-order valence-electron chi connectivity index (χ0n) is 17.0. The Morgan fingerprint density at radius 1 is 0.968 bits per heavy atom. The van der Waals surface area contributed by atoms with Crippen LogP contribution < -0.4 is 0 Å². The van der Waals surface area contributed by atoms with E-state index < -0.39 is 44.8 Å². The standard InChI is InChI=1S/C21H22F4N2O3S/c1-3-13(2)14-4-6-15(7-5-14)31(29,30)27-10-8-26(9-11-27)21(28)16-12-17(22)19(24)20(25)18(16)23/h4-7,12-13H,3,8-11H2,1-2H3. The summed E-state index contributed by atoms with van der Waals surface area (Å²) in [5.74, 6) is -8.25. The maximum atomic E-state index is 13.9. The Kier molecular flexibility index (Phi) is 6.70. The second kappa shape index (κ2) is 8.96. The zero-order valence-corrected chi connectivity index (χ0v) is 17.9. The van der Waals surface area contributed by atoms with Crippen molar-refractivity contribution < 1.29 is 30.8 Å². The average molecular weight is 458 g/mol. The van der Waals surface area contributed by atoms with E-state index in [-0.39, 0.29) is 31.1 Å². The summed E-state index contributed by atoms with van der Waals surface area (Å²) in [6.07, 6.45) is 0.921. The van der Waals surface area contributed by atoms with Crippen molar-refractivity contribution in [3.05, 3.63) is 64.7 Å². The molecule has 1 fully saturated rings. The van der Waals surface area contributed by atoms with E-state index >= 15 is 0 Å². The second-order valence-electron chi connectivity index (χ2n) is 7.42. The number of rotatable bonds is 5. The molecule has 1 aliphatic heterocycles. The summed E-state index contributed by atoms with van der Waals surface area (Å²) in [6.45, 7) is 3.72. The van der Waals surface area contributed by atoms with Crippen molar-refractivity contribution in [3.63, 3.8) is 0 Å². The molecule has 2 aromatic rings. The molecule has 1 amide bonds. The van der Waals surface area contributed by atoms with Gasteiger partial charge in [0.2, 0.25) is 10.0 Å². The van der Waals surface area contributed by atoms with Crippen LogP contribution in [-0.2, 0) is 10.0 Å². The van der Waals surface area contributed by atoms with Crippen molar-refractivity contribution >= 4 is 15.9 Å². The fourth-order valence-electron chi connectivity index (χ4n) is 3.38. The second-order valence-corrected chi connectivity index (χ2v) is 9.36. The molecule has 5 nitrogen and oxygen atoms in total. The van der Waals surface area contributed by atoms with Crippen LogP contribution in [0, 0.1) is 23.3 Å². The van der Waals surface area contributed by atoms with Gasteiger partial charge in [0.05, 0.1) is 10.5 Å². The number of nitrogens with zero attached hydrogens (tertiary/aromatic N) is 2. The summed E-state index contributed by atoms with van der Waals surface area (Å²) in [6, 6.07) is 6.90. The van der Waals surface area contributed by atoms with Gasteiger partial charge < -0.3 is 4.90 Å². The van der Waals surface area contributed by atoms with Crippen molar-refractivity contribution in [1.29, 1.82) is 0 Å². The third-order valence-corrected chi connectivity index (χ3v) is 7.47. The molecular formula is C21H22F4N2O3S. The van der Waals surface area contributed by atoms with E-state index in [1.807, 2.05) is 13.8 Å². The Labute approximate surface area is 178 Å². The molecule has 0 saturated carbocycles. The van der Waals surface area contributed by atoms with Crippen LogP contribution in [0.2, 0.25) is 0 Å². The lowest BCUT2D eigenvalue weighted by Crippen LogP contribution is -2.50. The average Bonchev–Trinajstić information content (AvgIpc) is 2.79. The molecule has 0 radical (unpaired) electrons. The van der Waals surface area contributed by atoms with E-state index in [1.54, 1.807) is 12.1 Å². The van der Waals surface area contributed by atoms with Gasteiger partial charge in [-0.15, -0.1) is 0 Å². The molecule has 10 heteroatoms. The summed E-state index contributed by atoms with van der Waals surface area (Å²) in [5, 5.41) is 0. The smallest absolute Gasteiger partial charge is 0.257 e. The quantitative estimate of drug-likeness (QED) is 0.388. The van der Waals surface area contributed by atoms with Crippen LogP contribution in [0.1, 0.15) is 42.1 Å². The van der Waals surface area contributed by atoms with Crippen LogP contribution in [0.3, 0.4) is 0 Å². The van der Waals surface area contributed by atoms with Gasteiger partial charge in [-0.3, -0.25) is 4.79 Å². The van der Waals surface area contributed by atoms with Gasteiger partial charge in [0.25, 0.3) is 5.91 Å². The molecule has 0 spiro atoms. The molecule has 1 heterocycles. The van der Waals surface area contributed by atoms with Gasteiger partial charge >= 0.3 is 0 Å². The van der Waals surface area contributed by atoms with Gasteiger partial charge in [-0.1, -0.05) is 26.0 Å². The first kappa shape index (κ1) is 23.2. The molecule has 31 heavy (non-hydrogen) atoms. The highest BCUT2D eigenvalue weighted by atomic mass is 32.2. The predicted octanol–water partition coefficient (Wildman–Crippen LogP) is 3.90. The van der Waals surface area contributed by atoms with Crippen molar-refractivity contribution in [2.45, 2.75) is 31.1 Å². The van der Waals surface area contributed by atoms with Crippen LogP contribution in [0.15, 0.2) is 35.2 Å². The minimum absolute atomic E-state index is 0.0744. The van der Waals surface area contributed by atoms with E-state index in [4.69, 9.17) is 0 Å². The van der Waals surface area contributed by atoms with Gasteiger partial charge in [-0.2, -0.15) is 4.31 Å². The molecule has 2 aromatic carbocycles. The molecule has 3 rings (SSSR count). The number of carbonyl (C=O) groups is 1. The number of amides is 1. The first-order valence-corrected chi connectivity index (χ1v) is 11.2. The molecule has 0 aliphatic carbocycles. The van der Waals surface area contributed by atoms with Gasteiger partial charge in [-0.05, 0) is 36.1 Å². The van der Waals surface area contributed by atoms with Gasteiger partial charge in [0.1, 0.15) is 0 Å².